The largest absolute Gasteiger partial charge is 0.277 e. The molecule has 0 fully saturated rings. The van der Waals surface area contributed by atoms with E-state index >= 15 is 0 Å². The summed E-state index contributed by atoms with van der Waals surface area (Å²) in [6.45, 7) is 0.860. The van der Waals surface area contributed by atoms with Gasteiger partial charge in [-0.2, -0.15) is 0 Å². The lowest BCUT2D eigenvalue weighted by Crippen LogP contribution is -2.23. The van der Waals surface area contributed by atoms with Crippen LogP contribution in [0.15, 0.2) is 24.3 Å². The van der Waals surface area contributed by atoms with Gasteiger partial charge in [0.25, 0.3) is 5.36 Å². The Morgan fingerprint density at radius 2 is 2.11 bits per heavy atom. The molecule has 0 saturated carbocycles. The van der Waals surface area contributed by atoms with Gasteiger partial charge in [-0.3, -0.25) is 0 Å². The van der Waals surface area contributed by atoms with Crippen LogP contribution in [0.3, 0.4) is 0 Å². The third-order valence-corrected chi connectivity index (χ3v) is 1.51. The van der Waals surface area contributed by atoms with Gasteiger partial charge in [-0.25, -0.2) is 0 Å². The van der Waals surface area contributed by atoms with Gasteiger partial charge >= 0.3 is 0 Å². The second kappa shape index (κ2) is 1.69. The minimum atomic E-state index is 0.860. The molecule has 0 saturated heterocycles. The fourth-order valence-electron chi connectivity index (χ4n) is 1.05. The van der Waals surface area contributed by atoms with E-state index < -0.39 is 0 Å². The lowest BCUT2D eigenvalue weighted by molar-refractivity contribution is 1.08. The molecule has 0 amide bonds. The topological polar surface area (TPSA) is 14.1 Å². The van der Waals surface area contributed by atoms with E-state index in [2.05, 4.69) is 17.1 Å². The Balaban J connectivity index is 2.97. The maximum absolute atomic E-state index is 4.24. The minimum absolute atomic E-state index is 0.860. The van der Waals surface area contributed by atoms with Crippen molar-refractivity contribution in [3.63, 3.8) is 0 Å². The molecule has 1 aromatic carbocycles. The van der Waals surface area contributed by atoms with E-state index in [-0.39, 0.29) is 0 Å². The summed E-state index contributed by atoms with van der Waals surface area (Å²) in [6.07, 6.45) is 2.13. The molecule has 1 aromatic rings. The molecule has 0 aromatic heterocycles. The zero-order chi connectivity index (χ0) is 6.10. The molecule has 1 radical (unpaired) electrons. The number of hydrogen-bond donors (Lipinski definition) is 0. The van der Waals surface area contributed by atoms with Gasteiger partial charge in [0, 0.05) is 17.1 Å². The van der Waals surface area contributed by atoms with Gasteiger partial charge in [-0.15, -0.1) is 0 Å². The number of benzene rings is 1. The van der Waals surface area contributed by atoms with Crippen LogP contribution in [0.1, 0.15) is 0 Å². The molecule has 0 spiro atoms. The van der Waals surface area contributed by atoms with Gasteiger partial charge in [0.05, 0.1) is 5.22 Å². The van der Waals surface area contributed by atoms with Crippen molar-refractivity contribution in [2.24, 2.45) is 0 Å². The first-order chi connectivity index (χ1) is 4.47. The van der Waals surface area contributed by atoms with Gasteiger partial charge in [-0.05, 0) is 6.07 Å². The van der Waals surface area contributed by atoms with Crippen LogP contribution in [0, 0.1) is 0 Å². The molecule has 1 heterocycles. The predicted molar refractivity (Wildman–Crippen MR) is 36.3 cm³/mol. The Hall–Kier alpha value is -1.11. The molecule has 1 aliphatic rings. The lowest BCUT2D eigenvalue weighted by Gasteiger charge is -1.70. The minimum Gasteiger partial charge on any atom is -0.0612 e. The first-order valence-electron chi connectivity index (χ1n) is 3.06. The number of hydrogen-bond acceptors (Lipinski definition) is 1. The van der Waals surface area contributed by atoms with Gasteiger partial charge < -0.3 is 0 Å². The van der Waals surface area contributed by atoms with Gasteiger partial charge in [0.15, 0.2) is 0 Å². The molecular weight excluding hydrogens is 110 g/mol. The first-order valence-corrected chi connectivity index (χ1v) is 3.06. The molecule has 0 atom stereocenters. The quantitative estimate of drug-likeness (QED) is 0.432. The second-order valence-electron chi connectivity index (χ2n) is 2.10. The molecule has 43 valence electrons. The molecule has 1 heteroatoms. The zero-order valence-corrected chi connectivity index (χ0v) is 5.04. The Kier molecular flexibility index (Phi) is 0.890. The van der Waals surface area contributed by atoms with E-state index in [1.807, 2.05) is 18.2 Å². The molecule has 2 rings (SSSR count). The summed E-state index contributed by atoms with van der Waals surface area (Å²) in [6, 6.07) is 8.18. The zero-order valence-electron chi connectivity index (χ0n) is 5.04. The van der Waals surface area contributed by atoms with E-state index in [1.54, 1.807) is 0 Å². The van der Waals surface area contributed by atoms with E-state index in [9.17, 15) is 0 Å². The van der Waals surface area contributed by atoms with Crippen molar-refractivity contribution in [1.29, 1.82) is 0 Å². The molecule has 1 nitrogen and oxygen atoms in total. The fraction of sp³-hybridized carbons (Fsp3) is 0.125. The van der Waals surface area contributed by atoms with Crippen molar-refractivity contribution >= 4 is 6.08 Å². The summed E-state index contributed by atoms with van der Waals surface area (Å²) in [5, 5.41) is 2.41. The number of nitrogens with zero attached hydrogens (tertiary/aromatic N) is 1. The molecule has 1 aliphatic heterocycles. The van der Waals surface area contributed by atoms with Crippen LogP contribution in [-0.4, -0.2) is 6.54 Å². The average Bonchev–Trinajstić information content (AvgIpc) is 2.33. The van der Waals surface area contributed by atoms with E-state index in [4.69, 9.17) is 0 Å². The molecule has 0 N–H and O–H groups in total. The van der Waals surface area contributed by atoms with E-state index in [0.717, 1.165) is 11.9 Å². The van der Waals surface area contributed by atoms with Crippen LogP contribution in [-0.2, 0) is 0 Å². The number of para-hydroxylation sites is 1. The normalized spacial score (nSPS) is 13.8. The van der Waals surface area contributed by atoms with Crippen molar-refractivity contribution in [1.82, 2.24) is 4.99 Å². The second-order valence-corrected chi connectivity index (χ2v) is 2.10. The summed E-state index contributed by atoms with van der Waals surface area (Å²) in [5.41, 5.74) is 0. The first kappa shape index (κ1) is 4.74. The van der Waals surface area contributed by atoms with Crippen LogP contribution in [0.4, 0.5) is 0 Å². The predicted octanol–water partition coefficient (Wildman–Crippen LogP) is -0.564. The van der Waals surface area contributed by atoms with E-state index in [0.29, 0.717) is 0 Å². The highest BCUT2D eigenvalue weighted by atomic mass is 14.7. The van der Waals surface area contributed by atoms with Crippen molar-refractivity contribution in [2.45, 2.75) is 0 Å². The number of fused-ring (bicyclic) bond motifs is 1. The number of rotatable bonds is 0. The van der Waals surface area contributed by atoms with Gasteiger partial charge in [-0.1, -0.05) is 12.1 Å². The van der Waals surface area contributed by atoms with E-state index in [1.165, 1.54) is 5.22 Å². The van der Waals surface area contributed by atoms with Crippen LogP contribution in [0.5, 0.6) is 0 Å². The van der Waals surface area contributed by atoms with Crippen LogP contribution >= 0.6 is 0 Å². The Morgan fingerprint density at radius 1 is 1.22 bits per heavy atom. The Morgan fingerprint density at radius 3 is 3.00 bits per heavy atom. The molecule has 0 bridgehead atoms. The monoisotopic (exact) mass is 117 g/mol. The molecule has 0 aliphatic carbocycles. The maximum atomic E-state index is 4.24. The average molecular weight is 117 g/mol. The van der Waals surface area contributed by atoms with Crippen LogP contribution in [0.2, 0.25) is 0 Å². The third kappa shape index (κ3) is 0.653. The highest BCUT2D eigenvalue weighted by molar-refractivity contribution is 5.27. The Bertz CT molecular complexity index is 292. The van der Waals surface area contributed by atoms with Crippen molar-refractivity contribution in [3.05, 3.63) is 34.8 Å². The summed E-state index contributed by atoms with van der Waals surface area (Å²) in [4.78, 5) is 4.24. The summed E-state index contributed by atoms with van der Waals surface area (Å²) in [5.74, 6) is 0. The molecule has 0 unspecified atom stereocenters. The highest BCUT2D eigenvalue weighted by Crippen LogP contribution is 1.72. The third-order valence-electron chi connectivity index (χ3n) is 1.51. The van der Waals surface area contributed by atoms with Crippen LogP contribution < -0.4 is 15.6 Å². The Labute approximate surface area is 53.4 Å². The SMILES string of the molecule is C1=c2ccccc2=[N+]C1. The molecule has 9 heavy (non-hydrogen) atoms. The van der Waals surface area contributed by atoms with Crippen molar-refractivity contribution in [3.8, 4) is 0 Å². The van der Waals surface area contributed by atoms with Crippen LogP contribution in [0.25, 0.3) is 6.08 Å². The summed E-state index contributed by atoms with van der Waals surface area (Å²) in [7, 11) is 0. The smallest absolute Gasteiger partial charge is 0.0612 e. The van der Waals surface area contributed by atoms with Gasteiger partial charge in [0.1, 0.15) is 0 Å². The molecular formula is C8H7N+. The van der Waals surface area contributed by atoms with Gasteiger partial charge in [0.2, 0.25) is 6.54 Å². The van der Waals surface area contributed by atoms with Crippen molar-refractivity contribution in [2.75, 3.05) is 6.54 Å². The highest BCUT2D eigenvalue weighted by Gasteiger charge is 2.02. The maximum Gasteiger partial charge on any atom is 0.277 e. The fourth-order valence-corrected chi connectivity index (χ4v) is 1.05. The summed E-state index contributed by atoms with van der Waals surface area (Å²) >= 11 is 0. The standard InChI is InChI=1S/C8H7N/c1-2-4-8-7(3-1)5-6-9-8/h1-5H,6H2/q+1. The summed E-state index contributed by atoms with van der Waals surface area (Å²) < 4.78 is 0. The van der Waals surface area contributed by atoms with Crippen molar-refractivity contribution < 1.29 is 0 Å². The lowest BCUT2D eigenvalue weighted by atomic mass is 10.3.